The van der Waals surface area contributed by atoms with Gasteiger partial charge in [0.2, 0.25) is 5.91 Å². The van der Waals surface area contributed by atoms with Crippen molar-refractivity contribution in [2.75, 3.05) is 5.32 Å². The van der Waals surface area contributed by atoms with Crippen molar-refractivity contribution in [2.24, 2.45) is 0 Å². The fraction of sp³-hybridized carbons (Fsp3) is 0.312. The number of anilines is 1. The fourth-order valence-electron chi connectivity index (χ4n) is 2.10. The molecule has 0 radical (unpaired) electrons. The topological polar surface area (TPSA) is 87.8 Å². The molecule has 23 heavy (non-hydrogen) atoms. The summed E-state index contributed by atoms with van der Waals surface area (Å²) in [5.41, 5.74) is 1.53. The molecule has 0 spiro atoms. The predicted molar refractivity (Wildman–Crippen MR) is 87.9 cm³/mol. The lowest BCUT2D eigenvalue weighted by Gasteiger charge is -2.08. The SMILES string of the molecule is CCCn1cncc1CS(=O)c1ccc(NC(=O)CC#N)cc1. The van der Waals surface area contributed by atoms with Crippen LogP contribution in [0, 0.1) is 11.3 Å². The Morgan fingerprint density at radius 1 is 1.39 bits per heavy atom. The molecule has 0 bridgehead atoms. The maximum atomic E-state index is 12.4. The summed E-state index contributed by atoms with van der Waals surface area (Å²) in [6, 6.07) is 8.60. The summed E-state index contributed by atoms with van der Waals surface area (Å²) >= 11 is 0. The van der Waals surface area contributed by atoms with E-state index in [1.165, 1.54) is 0 Å². The van der Waals surface area contributed by atoms with E-state index >= 15 is 0 Å². The summed E-state index contributed by atoms with van der Waals surface area (Å²) in [5.74, 6) is 0.0463. The van der Waals surface area contributed by atoms with Gasteiger partial charge in [-0.3, -0.25) is 9.00 Å². The number of nitrogens with one attached hydrogen (secondary N) is 1. The standard InChI is InChI=1S/C16H18N4O2S/c1-2-9-20-12-18-10-14(20)11-23(22)15-5-3-13(4-6-15)19-16(21)7-8-17/h3-6,10,12H,2,7,9,11H2,1H3,(H,19,21). The van der Waals surface area contributed by atoms with E-state index in [0.29, 0.717) is 16.3 Å². The number of imidazole rings is 1. The average Bonchev–Trinajstić information content (AvgIpc) is 2.95. The largest absolute Gasteiger partial charge is 0.334 e. The molecule has 6 nitrogen and oxygen atoms in total. The van der Waals surface area contributed by atoms with Crippen molar-refractivity contribution in [3.8, 4) is 6.07 Å². The van der Waals surface area contributed by atoms with Crippen LogP contribution in [0.1, 0.15) is 25.5 Å². The molecule has 1 heterocycles. The number of rotatable bonds is 7. The maximum absolute atomic E-state index is 12.4. The minimum atomic E-state index is -1.18. The average molecular weight is 330 g/mol. The Balaban J connectivity index is 2.01. The molecular weight excluding hydrogens is 312 g/mol. The highest BCUT2D eigenvalue weighted by atomic mass is 32.2. The third kappa shape index (κ3) is 4.76. The van der Waals surface area contributed by atoms with Crippen LogP contribution in [0.4, 0.5) is 5.69 Å². The zero-order valence-electron chi connectivity index (χ0n) is 12.9. The van der Waals surface area contributed by atoms with Gasteiger partial charge in [0.15, 0.2) is 0 Å². The molecule has 1 aromatic heterocycles. The number of hydrogen-bond donors (Lipinski definition) is 1. The van der Waals surface area contributed by atoms with Crippen molar-refractivity contribution < 1.29 is 9.00 Å². The van der Waals surface area contributed by atoms with E-state index in [1.807, 2.05) is 4.57 Å². The molecule has 2 rings (SSSR count). The fourth-order valence-corrected chi connectivity index (χ4v) is 3.21. The van der Waals surface area contributed by atoms with Crippen LogP contribution in [-0.4, -0.2) is 19.7 Å². The lowest BCUT2D eigenvalue weighted by Crippen LogP contribution is -2.10. The van der Waals surface area contributed by atoms with Gasteiger partial charge in [-0.15, -0.1) is 0 Å². The quantitative estimate of drug-likeness (QED) is 0.844. The van der Waals surface area contributed by atoms with Gasteiger partial charge < -0.3 is 9.88 Å². The molecule has 0 saturated heterocycles. The first-order valence-corrected chi connectivity index (χ1v) is 8.60. The van der Waals surface area contributed by atoms with Gasteiger partial charge >= 0.3 is 0 Å². The monoisotopic (exact) mass is 330 g/mol. The number of nitriles is 1. The van der Waals surface area contributed by atoms with Crippen LogP contribution >= 0.6 is 0 Å². The molecule has 1 atom stereocenters. The van der Waals surface area contributed by atoms with Crippen LogP contribution in [0.25, 0.3) is 0 Å². The third-order valence-corrected chi connectivity index (χ3v) is 4.54. The van der Waals surface area contributed by atoms with E-state index < -0.39 is 10.8 Å². The molecule has 0 aliphatic rings. The molecule has 120 valence electrons. The molecule has 1 aromatic carbocycles. The van der Waals surface area contributed by atoms with Gasteiger partial charge in [0.25, 0.3) is 0 Å². The second-order valence-electron chi connectivity index (χ2n) is 4.98. The van der Waals surface area contributed by atoms with E-state index in [2.05, 4.69) is 17.2 Å². The summed E-state index contributed by atoms with van der Waals surface area (Å²) in [5, 5.41) is 11.1. The Kier molecular flexibility index (Phi) is 6.06. The summed E-state index contributed by atoms with van der Waals surface area (Å²) in [7, 11) is -1.18. The number of carbonyl (C=O) groups excluding carboxylic acids is 1. The zero-order valence-corrected chi connectivity index (χ0v) is 13.7. The van der Waals surface area contributed by atoms with Crippen molar-refractivity contribution in [2.45, 2.75) is 37.0 Å². The van der Waals surface area contributed by atoms with Crippen LogP contribution in [-0.2, 0) is 27.9 Å². The van der Waals surface area contributed by atoms with Crippen molar-refractivity contribution in [1.29, 1.82) is 5.26 Å². The highest BCUT2D eigenvalue weighted by Gasteiger charge is 2.09. The highest BCUT2D eigenvalue weighted by Crippen LogP contribution is 2.16. The Hall–Kier alpha value is -2.46. The van der Waals surface area contributed by atoms with Gasteiger partial charge in [-0.25, -0.2) is 4.98 Å². The number of nitrogens with zero attached hydrogens (tertiary/aromatic N) is 3. The summed E-state index contributed by atoms with van der Waals surface area (Å²) in [4.78, 5) is 16.1. The van der Waals surface area contributed by atoms with Gasteiger partial charge in [-0.05, 0) is 30.7 Å². The number of amides is 1. The Labute approximate surface area is 137 Å². The summed E-state index contributed by atoms with van der Waals surface area (Å²) in [6.45, 7) is 2.94. The van der Waals surface area contributed by atoms with E-state index in [9.17, 15) is 9.00 Å². The normalized spacial score (nSPS) is 11.7. The molecule has 0 fully saturated rings. The highest BCUT2D eigenvalue weighted by molar-refractivity contribution is 7.84. The van der Waals surface area contributed by atoms with Crippen molar-refractivity contribution in [3.63, 3.8) is 0 Å². The van der Waals surface area contributed by atoms with E-state index in [0.717, 1.165) is 18.7 Å². The zero-order chi connectivity index (χ0) is 16.7. The molecule has 7 heteroatoms. The number of carbonyl (C=O) groups is 1. The molecular formula is C16H18N4O2S. The molecule has 1 amide bonds. The molecule has 1 N–H and O–H groups in total. The first kappa shape index (κ1) is 16.9. The van der Waals surface area contributed by atoms with Crippen LogP contribution < -0.4 is 5.32 Å². The maximum Gasteiger partial charge on any atom is 0.238 e. The predicted octanol–water partition coefficient (Wildman–Crippen LogP) is 2.45. The molecule has 0 saturated carbocycles. The molecule has 2 aromatic rings. The van der Waals surface area contributed by atoms with Gasteiger partial charge in [0.05, 0.1) is 34.6 Å². The van der Waals surface area contributed by atoms with Crippen LogP contribution in [0.5, 0.6) is 0 Å². The van der Waals surface area contributed by atoms with Gasteiger partial charge in [0.1, 0.15) is 6.42 Å². The van der Waals surface area contributed by atoms with E-state index in [1.54, 1.807) is 42.9 Å². The molecule has 0 aliphatic carbocycles. The number of benzene rings is 1. The first-order valence-electron chi connectivity index (χ1n) is 7.28. The van der Waals surface area contributed by atoms with Gasteiger partial charge in [-0.1, -0.05) is 6.92 Å². The first-order chi connectivity index (χ1) is 11.1. The second-order valence-corrected chi connectivity index (χ2v) is 6.43. The number of hydrogen-bond acceptors (Lipinski definition) is 4. The van der Waals surface area contributed by atoms with Crippen molar-refractivity contribution in [3.05, 3.63) is 42.5 Å². The molecule has 0 aliphatic heterocycles. The minimum absolute atomic E-state index is 0.185. The van der Waals surface area contributed by atoms with Gasteiger partial charge in [0, 0.05) is 23.3 Å². The summed E-state index contributed by atoms with van der Waals surface area (Å²) in [6.07, 6.45) is 4.30. The summed E-state index contributed by atoms with van der Waals surface area (Å²) < 4.78 is 14.5. The smallest absolute Gasteiger partial charge is 0.238 e. The lowest BCUT2D eigenvalue weighted by atomic mass is 10.3. The van der Waals surface area contributed by atoms with Crippen LogP contribution in [0.3, 0.4) is 0 Å². The van der Waals surface area contributed by atoms with E-state index in [4.69, 9.17) is 5.26 Å². The van der Waals surface area contributed by atoms with Crippen LogP contribution in [0.15, 0.2) is 41.7 Å². The Morgan fingerprint density at radius 3 is 2.78 bits per heavy atom. The van der Waals surface area contributed by atoms with Crippen molar-refractivity contribution in [1.82, 2.24) is 9.55 Å². The number of aryl methyl sites for hydroxylation is 1. The van der Waals surface area contributed by atoms with Gasteiger partial charge in [-0.2, -0.15) is 5.26 Å². The third-order valence-electron chi connectivity index (χ3n) is 3.18. The second kappa shape index (κ2) is 8.25. The Morgan fingerprint density at radius 2 is 2.13 bits per heavy atom. The number of aromatic nitrogens is 2. The Bertz CT molecular complexity index is 731. The van der Waals surface area contributed by atoms with E-state index in [-0.39, 0.29) is 12.3 Å². The lowest BCUT2D eigenvalue weighted by molar-refractivity contribution is -0.115. The minimum Gasteiger partial charge on any atom is -0.334 e. The van der Waals surface area contributed by atoms with Crippen LogP contribution in [0.2, 0.25) is 0 Å². The van der Waals surface area contributed by atoms with Crippen molar-refractivity contribution >= 4 is 22.4 Å². The molecule has 1 unspecified atom stereocenters.